The van der Waals surface area contributed by atoms with E-state index < -0.39 is 0 Å². The third kappa shape index (κ3) is 3.37. The van der Waals surface area contributed by atoms with Crippen molar-refractivity contribution in [1.82, 2.24) is 9.80 Å². The van der Waals surface area contributed by atoms with E-state index in [1.54, 1.807) is 12.1 Å². The van der Waals surface area contributed by atoms with Gasteiger partial charge in [-0.25, -0.2) is 4.39 Å². The lowest BCUT2D eigenvalue weighted by atomic mass is 9.91. The highest BCUT2D eigenvalue weighted by molar-refractivity contribution is 5.19. The standard InChI is InChI=1S/C16H26FN3/c1-16(12-18,10-13-5-4-6-14(17)9-13)20-8-7-15(11-20)19(2)3/h4-6,9,15H,7-8,10-12,18H2,1-3H3. The first-order valence-electron chi connectivity index (χ1n) is 7.30. The molecule has 0 aliphatic carbocycles. The summed E-state index contributed by atoms with van der Waals surface area (Å²) in [5.41, 5.74) is 6.97. The molecule has 0 saturated carbocycles. The number of hydrogen-bond acceptors (Lipinski definition) is 3. The van der Waals surface area contributed by atoms with Gasteiger partial charge in [0.25, 0.3) is 0 Å². The molecular weight excluding hydrogens is 253 g/mol. The van der Waals surface area contributed by atoms with E-state index >= 15 is 0 Å². The van der Waals surface area contributed by atoms with Crippen molar-refractivity contribution in [2.24, 2.45) is 5.73 Å². The summed E-state index contributed by atoms with van der Waals surface area (Å²) in [5.74, 6) is -0.172. The minimum Gasteiger partial charge on any atom is -0.329 e. The number of nitrogens with zero attached hydrogens (tertiary/aromatic N) is 2. The molecule has 2 atom stereocenters. The Balaban J connectivity index is 2.09. The van der Waals surface area contributed by atoms with E-state index in [0.717, 1.165) is 25.1 Å². The van der Waals surface area contributed by atoms with Gasteiger partial charge in [-0.15, -0.1) is 0 Å². The van der Waals surface area contributed by atoms with Crippen molar-refractivity contribution in [2.75, 3.05) is 33.7 Å². The Bertz CT molecular complexity index is 449. The SMILES string of the molecule is CN(C)C1CCN(C(C)(CN)Cc2cccc(F)c2)C1. The molecule has 4 heteroatoms. The molecule has 1 saturated heterocycles. The summed E-state index contributed by atoms with van der Waals surface area (Å²) >= 11 is 0. The molecule has 2 rings (SSSR count). The molecule has 2 N–H and O–H groups in total. The fourth-order valence-corrected chi connectivity index (χ4v) is 3.05. The highest BCUT2D eigenvalue weighted by Crippen LogP contribution is 2.26. The molecule has 0 spiro atoms. The maximum Gasteiger partial charge on any atom is 0.123 e. The van der Waals surface area contributed by atoms with Gasteiger partial charge in [-0.05, 0) is 51.6 Å². The second kappa shape index (κ2) is 6.20. The number of nitrogens with two attached hydrogens (primary N) is 1. The number of benzene rings is 1. The van der Waals surface area contributed by atoms with Gasteiger partial charge >= 0.3 is 0 Å². The summed E-state index contributed by atoms with van der Waals surface area (Å²) in [6.45, 7) is 4.88. The first kappa shape index (κ1) is 15.4. The van der Waals surface area contributed by atoms with Crippen LogP contribution in [0.2, 0.25) is 0 Å². The van der Waals surface area contributed by atoms with E-state index in [0.29, 0.717) is 12.6 Å². The number of rotatable bonds is 5. The lowest BCUT2D eigenvalue weighted by Gasteiger charge is -2.38. The fourth-order valence-electron chi connectivity index (χ4n) is 3.05. The molecule has 2 unspecified atom stereocenters. The van der Waals surface area contributed by atoms with E-state index in [-0.39, 0.29) is 11.4 Å². The summed E-state index contributed by atoms with van der Waals surface area (Å²) in [6.07, 6.45) is 1.97. The molecule has 1 aromatic rings. The van der Waals surface area contributed by atoms with Crippen LogP contribution in [0.5, 0.6) is 0 Å². The molecule has 0 aromatic heterocycles. The third-order valence-corrected chi connectivity index (χ3v) is 4.57. The molecule has 1 heterocycles. The third-order valence-electron chi connectivity index (χ3n) is 4.57. The monoisotopic (exact) mass is 279 g/mol. The molecular formula is C16H26FN3. The van der Waals surface area contributed by atoms with Gasteiger partial charge < -0.3 is 10.6 Å². The Hall–Kier alpha value is -0.970. The quantitative estimate of drug-likeness (QED) is 0.891. The van der Waals surface area contributed by atoms with Crippen LogP contribution in [0, 0.1) is 5.82 Å². The molecule has 3 nitrogen and oxygen atoms in total. The average molecular weight is 279 g/mol. The lowest BCUT2D eigenvalue weighted by molar-refractivity contribution is 0.131. The van der Waals surface area contributed by atoms with E-state index in [4.69, 9.17) is 5.73 Å². The maximum atomic E-state index is 13.3. The highest BCUT2D eigenvalue weighted by Gasteiger charge is 2.36. The van der Waals surface area contributed by atoms with Gasteiger partial charge in [0, 0.05) is 31.2 Å². The van der Waals surface area contributed by atoms with E-state index in [2.05, 4.69) is 30.8 Å². The fraction of sp³-hybridized carbons (Fsp3) is 0.625. The average Bonchev–Trinajstić information content (AvgIpc) is 2.89. The first-order valence-corrected chi connectivity index (χ1v) is 7.30. The topological polar surface area (TPSA) is 32.5 Å². The zero-order valence-electron chi connectivity index (χ0n) is 12.8. The molecule has 20 heavy (non-hydrogen) atoms. The van der Waals surface area contributed by atoms with Crippen LogP contribution in [0.3, 0.4) is 0 Å². The number of halogens is 1. The maximum absolute atomic E-state index is 13.3. The van der Waals surface area contributed by atoms with Gasteiger partial charge in [-0.3, -0.25) is 4.90 Å². The zero-order valence-corrected chi connectivity index (χ0v) is 12.8. The minimum absolute atomic E-state index is 0.0987. The predicted molar refractivity (Wildman–Crippen MR) is 81.2 cm³/mol. The van der Waals surface area contributed by atoms with Crippen molar-refractivity contribution in [3.05, 3.63) is 35.6 Å². The Morgan fingerprint density at radius 1 is 1.45 bits per heavy atom. The van der Waals surface area contributed by atoms with Crippen molar-refractivity contribution in [1.29, 1.82) is 0 Å². The molecule has 0 radical (unpaired) electrons. The van der Waals surface area contributed by atoms with Crippen molar-refractivity contribution in [3.63, 3.8) is 0 Å². The van der Waals surface area contributed by atoms with E-state index in [1.807, 2.05) is 6.07 Å². The minimum atomic E-state index is -0.172. The van der Waals surface area contributed by atoms with Crippen LogP contribution in [-0.2, 0) is 6.42 Å². The molecule has 0 amide bonds. The summed E-state index contributed by atoms with van der Waals surface area (Å²) < 4.78 is 13.3. The Morgan fingerprint density at radius 3 is 2.75 bits per heavy atom. The predicted octanol–water partition coefficient (Wildman–Crippen LogP) is 1.72. The Morgan fingerprint density at radius 2 is 2.20 bits per heavy atom. The second-order valence-corrected chi connectivity index (χ2v) is 6.36. The Kier molecular flexibility index (Phi) is 4.78. The van der Waals surface area contributed by atoms with E-state index in [1.165, 1.54) is 12.5 Å². The summed E-state index contributed by atoms with van der Waals surface area (Å²) in [6, 6.07) is 7.45. The molecule has 0 bridgehead atoms. The van der Waals surface area contributed by atoms with E-state index in [9.17, 15) is 4.39 Å². The smallest absolute Gasteiger partial charge is 0.123 e. The highest BCUT2D eigenvalue weighted by atomic mass is 19.1. The normalized spacial score (nSPS) is 23.2. The van der Waals surface area contributed by atoms with Gasteiger partial charge in [0.1, 0.15) is 5.82 Å². The molecule has 112 valence electrons. The van der Waals surface area contributed by atoms with Crippen LogP contribution in [-0.4, -0.2) is 55.1 Å². The lowest BCUT2D eigenvalue weighted by Crippen LogP contribution is -2.53. The summed E-state index contributed by atoms with van der Waals surface area (Å²) in [5, 5.41) is 0. The molecule has 1 aliphatic heterocycles. The van der Waals surface area contributed by atoms with Crippen LogP contribution < -0.4 is 5.73 Å². The number of hydrogen-bond donors (Lipinski definition) is 1. The van der Waals surface area contributed by atoms with Gasteiger partial charge in [-0.1, -0.05) is 12.1 Å². The van der Waals surface area contributed by atoms with Crippen molar-refractivity contribution >= 4 is 0 Å². The van der Waals surface area contributed by atoms with Crippen LogP contribution in [0.15, 0.2) is 24.3 Å². The largest absolute Gasteiger partial charge is 0.329 e. The summed E-state index contributed by atoms with van der Waals surface area (Å²) in [4.78, 5) is 4.74. The van der Waals surface area contributed by atoms with Crippen molar-refractivity contribution in [3.8, 4) is 0 Å². The van der Waals surface area contributed by atoms with Crippen molar-refractivity contribution in [2.45, 2.75) is 31.3 Å². The van der Waals surface area contributed by atoms with Gasteiger partial charge in [0.05, 0.1) is 0 Å². The van der Waals surface area contributed by atoms with Gasteiger partial charge in [-0.2, -0.15) is 0 Å². The first-order chi connectivity index (χ1) is 9.44. The van der Waals surface area contributed by atoms with Gasteiger partial charge in [0.15, 0.2) is 0 Å². The molecule has 1 aromatic carbocycles. The second-order valence-electron chi connectivity index (χ2n) is 6.36. The Labute approximate surface area is 121 Å². The van der Waals surface area contributed by atoms with Crippen molar-refractivity contribution < 1.29 is 4.39 Å². The van der Waals surface area contributed by atoms with Crippen LogP contribution in [0.4, 0.5) is 4.39 Å². The summed E-state index contributed by atoms with van der Waals surface area (Å²) in [7, 11) is 4.25. The van der Waals surface area contributed by atoms with Gasteiger partial charge in [0.2, 0.25) is 0 Å². The zero-order chi connectivity index (χ0) is 14.8. The van der Waals surface area contributed by atoms with Crippen LogP contribution >= 0.6 is 0 Å². The number of likely N-dealkylation sites (tertiary alicyclic amines) is 1. The number of likely N-dealkylation sites (N-methyl/N-ethyl adjacent to an activating group) is 1. The van der Waals surface area contributed by atoms with Crippen LogP contribution in [0.25, 0.3) is 0 Å². The molecule has 1 fully saturated rings. The molecule has 1 aliphatic rings. The van der Waals surface area contributed by atoms with Crippen LogP contribution in [0.1, 0.15) is 18.9 Å².